The average molecular weight is 220 g/mol. The highest BCUT2D eigenvalue weighted by atomic mass is 19.1. The summed E-state index contributed by atoms with van der Waals surface area (Å²) in [5.74, 6) is 0.894. The zero-order valence-corrected chi connectivity index (χ0v) is 9.11. The number of unbranched alkanes of at least 4 members (excludes halogenated alkanes) is 1. The van der Waals surface area contributed by atoms with Crippen LogP contribution in [0.2, 0.25) is 0 Å². The van der Waals surface area contributed by atoms with Gasteiger partial charge in [0, 0.05) is 12.0 Å². The Morgan fingerprint density at radius 3 is 2.69 bits per heavy atom. The largest absolute Gasteiger partial charge is 0.339 e. The van der Waals surface area contributed by atoms with E-state index < -0.39 is 0 Å². The van der Waals surface area contributed by atoms with E-state index in [0.29, 0.717) is 11.7 Å². The van der Waals surface area contributed by atoms with Crippen LogP contribution in [0.25, 0.3) is 11.4 Å². The van der Waals surface area contributed by atoms with Crippen molar-refractivity contribution >= 4 is 0 Å². The molecule has 0 fully saturated rings. The first-order valence-electron chi connectivity index (χ1n) is 5.38. The lowest BCUT2D eigenvalue weighted by Gasteiger charge is -1.92. The molecule has 0 atom stereocenters. The summed E-state index contributed by atoms with van der Waals surface area (Å²) in [7, 11) is 0. The fraction of sp³-hybridized carbons (Fsp3) is 0.333. The Morgan fingerprint density at radius 2 is 2.00 bits per heavy atom. The molecule has 0 aliphatic rings. The third-order valence-electron chi connectivity index (χ3n) is 2.31. The van der Waals surface area contributed by atoms with Crippen LogP contribution in [-0.4, -0.2) is 10.1 Å². The number of aryl methyl sites for hydroxylation is 1. The Kier molecular flexibility index (Phi) is 3.29. The van der Waals surface area contributed by atoms with Gasteiger partial charge < -0.3 is 4.52 Å². The summed E-state index contributed by atoms with van der Waals surface area (Å²) >= 11 is 0. The maximum atomic E-state index is 12.7. The molecule has 16 heavy (non-hydrogen) atoms. The predicted octanol–water partition coefficient (Wildman–Crippen LogP) is 3.22. The molecule has 3 nitrogen and oxygen atoms in total. The van der Waals surface area contributed by atoms with Crippen molar-refractivity contribution in [2.24, 2.45) is 0 Å². The lowest BCUT2D eigenvalue weighted by molar-refractivity contribution is 0.375. The van der Waals surface area contributed by atoms with Crippen LogP contribution in [0.15, 0.2) is 28.8 Å². The first kappa shape index (κ1) is 10.8. The number of benzene rings is 1. The van der Waals surface area contributed by atoms with Crippen molar-refractivity contribution in [1.29, 1.82) is 0 Å². The number of hydrogen-bond acceptors (Lipinski definition) is 3. The van der Waals surface area contributed by atoms with Gasteiger partial charge in [0.25, 0.3) is 0 Å². The molecular weight excluding hydrogens is 207 g/mol. The number of nitrogens with zero attached hydrogens (tertiary/aromatic N) is 2. The van der Waals surface area contributed by atoms with Crippen molar-refractivity contribution < 1.29 is 8.91 Å². The maximum absolute atomic E-state index is 12.7. The molecule has 84 valence electrons. The van der Waals surface area contributed by atoms with Crippen molar-refractivity contribution in [2.45, 2.75) is 26.2 Å². The highest BCUT2D eigenvalue weighted by Gasteiger charge is 2.07. The quantitative estimate of drug-likeness (QED) is 0.794. The van der Waals surface area contributed by atoms with Gasteiger partial charge in [0.2, 0.25) is 11.7 Å². The number of aromatic nitrogens is 2. The van der Waals surface area contributed by atoms with Crippen LogP contribution in [0, 0.1) is 5.82 Å². The monoisotopic (exact) mass is 220 g/mol. The van der Waals surface area contributed by atoms with Gasteiger partial charge >= 0.3 is 0 Å². The maximum Gasteiger partial charge on any atom is 0.226 e. The summed E-state index contributed by atoms with van der Waals surface area (Å²) in [5.41, 5.74) is 0.771. The van der Waals surface area contributed by atoms with Gasteiger partial charge in [-0.15, -0.1) is 0 Å². The molecule has 2 rings (SSSR count). The molecule has 0 radical (unpaired) electrons. The topological polar surface area (TPSA) is 38.9 Å². The Balaban J connectivity index is 2.15. The minimum absolute atomic E-state index is 0.265. The van der Waals surface area contributed by atoms with Crippen LogP contribution in [-0.2, 0) is 6.42 Å². The molecule has 1 aromatic carbocycles. The summed E-state index contributed by atoms with van der Waals surface area (Å²) in [6.07, 6.45) is 2.92. The van der Waals surface area contributed by atoms with Gasteiger partial charge in [-0.2, -0.15) is 4.98 Å². The van der Waals surface area contributed by atoms with Crippen molar-refractivity contribution in [2.75, 3.05) is 0 Å². The van der Waals surface area contributed by atoms with Gasteiger partial charge in [-0.3, -0.25) is 0 Å². The van der Waals surface area contributed by atoms with E-state index in [0.717, 1.165) is 24.8 Å². The molecule has 0 N–H and O–H groups in total. The lowest BCUT2D eigenvalue weighted by Crippen LogP contribution is -1.85. The molecule has 0 bridgehead atoms. The molecule has 1 aromatic heterocycles. The summed E-state index contributed by atoms with van der Waals surface area (Å²) < 4.78 is 17.8. The van der Waals surface area contributed by atoms with E-state index in [-0.39, 0.29) is 5.82 Å². The summed E-state index contributed by atoms with van der Waals surface area (Å²) in [6.45, 7) is 2.11. The van der Waals surface area contributed by atoms with Crippen LogP contribution >= 0.6 is 0 Å². The van der Waals surface area contributed by atoms with Crippen molar-refractivity contribution in [3.63, 3.8) is 0 Å². The van der Waals surface area contributed by atoms with Crippen LogP contribution in [0.5, 0.6) is 0 Å². The Hall–Kier alpha value is -1.71. The molecule has 0 aliphatic carbocycles. The molecule has 0 amide bonds. The number of rotatable bonds is 4. The molecular formula is C12H13FN2O. The minimum Gasteiger partial charge on any atom is -0.339 e. The van der Waals surface area contributed by atoms with Crippen molar-refractivity contribution in [3.05, 3.63) is 36.0 Å². The van der Waals surface area contributed by atoms with Gasteiger partial charge in [0.1, 0.15) is 5.82 Å². The molecule has 4 heteroatoms. The summed E-state index contributed by atoms with van der Waals surface area (Å²) in [6, 6.07) is 6.06. The number of halogens is 1. The van der Waals surface area contributed by atoms with Gasteiger partial charge in [-0.05, 0) is 30.7 Å². The van der Waals surface area contributed by atoms with Crippen molar-refractivity contribution in [3.8, 4) is 11.4 Å². The molecule has 1 heterocycles. The lowest BCUT2D eigenvalue weighted by atomic mass is 10.2. The van der Waals surface area contributed by atoms with Crippen LogP contribution in [0.1, 0.15) is 25.7 Å². The summed E-state index contributed by atoms with van der Waals surface area (Å²) in [4.78, 5) is 4.25. The second-order valence-corrected chi connectivity index (χ2v) is 3.62. The fourth-order valence-electron chi connectivity index (χ4n) is 1.40. The normalized spacial score (nSPS) is 10.6. The highest BCUT2D eigenvalue weighted by Crippen LogP contribution is 2.16. The molecule has 0 saturated heterocycles. The van der Waals surface area contributed by atoms with Gasteiger partial charge in [0.05, 0.1) is 0 Å². The van der Waals surface area contributed by atoms with Crippen molar-refractivity contribution in [1.82, 2.24) is 10.1 Å². The third-order valence-corrected chi connectivity index (χ3v) is 2.31. The van der Waals surface area contributed by atoms with Crippen LogP contribution in [0.3, 0.4) is 0 Å². The van der Waals surface area contributed by atoms with E-state index >= 15 is 0 Å². The standard InChI is InChI=1S/C12H13FN2O/c1-2-3-4-11-14-12(15-16-11)9-5-7-10(13)8-6-9/h5-8H,2-4H2,1H3. The molecule has 0 aliphatic heterocycles. The second-order valence-electron chi connectivity index (χ2n) is 3.62. The minimum atomic E-state index is -0.265. The van der Waals surface area contributed by atoms with E-state index in [4.69, 9.17) is 4.52 Å². The first-order chi connectivity index (χ1) is 7.79. The Labute approximate surface area is 93.3 Å². The first-order valence-corrected chi connectivity index (χ1v) is 5.38. The third kappa shape index (κ3) is 2.45. The van der Waals surface area contributed by atoms with Crippen LogP contribution < -0.4 is 0 Å². The zero-order chi connectivity index (χ0) is 11.4. The number of hydrogen-bond donors (Lipinski definition) is 0. The Morgan fingerprint density at radius 1 is 1.25 bits per heavy atom. The van der Waals surface area contributed by atoms with E-state index in [9.17, 15) is 4.39 Å². The summed E-state index contributed by atoms with van der Waals surface area (Å²) in [5, 5.41) is 3.86. The van der Waals surface area contributed by atoms with E-state index in [1.165, 1.54) is 12.1 Å². The Bertz CT molecular complexity index is 450. The SMILES string of the molecule is CCCCc1nc(-c2ccc(F)cc2)no1. The fourth-order valence-corrected chi connectivity index (χ4v) is 1.40. The zero-order valence-electron chi connectivity index (χ0n) is 9.11. The average Bonchev–Trinajstić information content (AvgIpc) is 2.76. The van der Waals surface area contributed by atoms with Gasteiger partial charge in [-0.1, -0.05) is 18.5 Å². The molecule has 0 spiro atoms. The molecule has 2 aromatic rings. The van der Waals surface area contributed by atoms with E-state index in [1.807, 2.05) is 0 Å². The second kappa shape index (κ2) is 4.88. The molecule has 0 unspecified atom stereocenters. The van der Waals surface area contributed by atoms with E-state index in [2.05, 4.69) is 17.1 Å². The van der Waals surface area contributed by atoms with Gasteiger partial charge in [-0.25, -0.2) is 4.39 Å². The van der Waals surface area contributed by atoms with E-state index in [1.54, 1.807) is 12.1 Å². The smallest absolute Gasteiger partial charge is 0.226 e. The van der Waals surface area contributed by atoms with Crippen LogP contribution in [0.4, 0.5) is 4.39 Å². The predicted molar refractivity (Wildman–Crippen MR) is 58.3 cm³/mol. The van der Waals surface area contributed by atoms with Gasteiger partial charge in [0.15, 0.2) is 0 Å². The highest BCUT2D eigenvalue weighted by molar-refractivity contribution is 5.53. The molecule has 0 saturated carbocycles.